The molecular weight excluding hydrogens is 1300 g/mol. The molecular formula is C70H98F3N7O17S. The number of methoxy groups -OCH3 is 1. The molecule has 3 N–H and O–H groups in total. The van der Waals surface area contributed by atoms with E-state index in [-0.39, 0.29) is 49.5 Å². The molecule has 1 aliphatic heterocycles. The minimum Gasteiger partial charge on any atom is -0.382 e. The van der Waals surface area contributed by atoms with Crippen molar-refractivity contribution < 1.29 is 92.9 Å². The number of anilines is 2. The maximum atomic E-state index is 13.7. The number of piperazine rings is 1. The highest BCUT2D eigenvalue weighted by molar-refractivity contribution is 7.88. The van der Waals surface area contributed by atoms with Crippen molar-refractivity contribution in [2.45, 2.75) is 46.3 Å². The smallest absolute Gasteiger partial charge is 0.382 e. The maximum absolute atomic E-state index is 13.7. The summed E-state index contributed by atoms with van der Waals surface area (Å²) in [6.45, 7) is 19.0. The van der Waals surface area contributed by atoms with Gasteiger partial charge in [0.1, 0.15) is 6.54 Å². The average Bonchev–Trinajstić information content (AvgIpc) is 0.810. The average molecular weight is 1400 g/mol. The van der Waals surface area contributed by atoms with Crippen molar-refractivity contribution in [1.29, 1.82) is 0 Å². The second kappa shape index (κ2) is 47.1. The highest BCUT2D eigenvalue weighted by atomic mass is 32.2. The summed E-state index contributed by atoms with van der Waals surface area (Å²) >= 11 is 0. The first kappa shape index (κ1) is 81.6. The highest BCUT2D eigenvalue weighted by Gasteiger charge is 2.31. The molecule has 6 rings (SSSR count). The number of hydrogen-bond acceptors (Lipinski definition) is 19. The molecule has 24 nitrogen and oxygen atoms in total. The zero-order valence-corrected chi connectivity index (χ0v) is 57.9. The lowest BCUT2D eigenvalue weighted by atomic mass is 10.0. The Hall–Kier alpha value is -7.03. The third-order valence-electron chi connectivity index (χ3n) is 14.8. The van der Waals surface area contributed by atoms with Gasteiger partial charge in [-0.15, -0.1) is 0 Å². The number of benzene rings is 4. The Labute approximate surface area is 574 Å². The molecule has 4 amide bonds. The maximum Gasteiger partial charge on any atom is 0.416 e. The number of halogens is 3. The van der Waals surface area contributed by atoms with Crippen LogP contribution in [0.25, 0.3) is 11.3 Å². The Morgan fingerprint density at radius 2 is 1.13 bits per heavy atom. The van der Waals surface area contributed by atoms with Crippen molar-refractivity contribution in [3.63, 3.8) is 0 Å². The van der Waals surface area contributed by atoms with Gasteiger partial charge in [-0.3, -0.25) is 24.2 Å². The first-order valence-electron chi connectivity index (χ1n) is 32.9. The molecule has 0 radical (unpaired) electrons. The summed E-state index contributed by atoms with van der Waals surface area (Å²) in [5.41, 5.74) is 5.32. The van der Waals surface area contributed by atoms with Gasteiger partial charge in [0.25, 0.3) is 17.7 Å². The molecule has 4 aromatic carbocycles. The van der Waals surface area contributed by atoms with Crippen LogP contribution in [0.5, 0.6) is 0 Å². The number of rotatable bonds is 48. The van der Waals surface area contributed by atoms with Gasteiger partial charge in [-0.05, 0) is 111 Å². The lowest BCUT2D eigenvalue weighted by molar-refractivity contribution is -0.137. The van der Waals surface area contributed by atoms with E-state index in [2.05, 4.69) is 25.2 Å². The van der Waals surface area contributed by atoms with Gasteiger partial charge in [0.15, 0.2) is 0 Å². The zero-order valence-electron chi connectivity index (χ0n) is 57.1. The predicted molar refractivity (Wildman–Crippen MR) is 365 cm³/mol. The number of alkyl halides is 3. The van der Waals surface area contributed by atoms with Crippen molar-refractivity contribution >= 4 is 45.0 Å². The lowest BCUT2D eigenvalue weighted by Gasteiger charge is -2.34. The van der Waals surface area contributed by atoms with Crippen molar-refractivity contribution in [1.82, 2.24) is 24.8 Å². The monoisotopic (exact) mass is 1400 g/mol. The fourth-order valence-corrected chi connectivity index (χ4v) is 9.97. The van der Waals surface area contributed by atoms with E-state index in [1.165, 1.54) is 24.4 Å². The van der Waals surface area contributed by atoms with Gasteiger partial charge in [0.05, 0.1) is 155 Å². The molecule has 0 unspecified atom stereocenters. The molecule has 1 saturated heterocycles. The van der Waals surface area contributed by atoms with Crippen LogP contribution in [-0.4, -0.2) is 245 Å². The zero-order chi connectivity index (χ0) is 70.6. The first-order chi connectivity index (χ1) is 47.4. The van der Waals surface area contributed by atoms with Crippen LogP contribution in [-0.2, 0) is 86.1 Å². The number of nitrogens with zero attached hydrogens (tertiary/aromatic N) is 4. The molecule has 1 aromatic heterocycles. The second-order valence-electron chi connectivity index (χ2n) is 22.2. The van der Waals surface area contributed by atoms with Crippen LogP contribution in [0.2, 0.25) is 0 Å². The number of pyridine rings is 1. The van der Waals surface area contributed by atoms with E-state index in [4.69, 9.17) is 52.1 Å². The molecule has 1 aliphatic rings. The summed E-state index contributed by atoms with van der Waals surface area (Å²) in [6, 6.07) is 28.3. The number of ether oxygens (including phenoxy) is 11. The van der Waals surface area contributed by atoms with Crippen LogP contribution in [0.3, 0.4) is 0 Å². The molecule has 0 spiro atoms. The van der Waals surface area contributed by atoms with Crippen LogP contribution in [0, 0.1) is 6.92 Å². The molecule has 1 fully saturated rings. The van der Waals surface area contributed by atoms with Crippen molar-refractivity contribution in [2.24, 2.45) is 0 Å². The summed E-state index contributed by atoms with van der Waals surface area (Å²) in [5.74, 6) is -0.980. The van der Waals surface area contributed by atoms with Crippen molar-refractivity contribution in [2.75, 3.05) is 208 Å². The largest absolute Gasteiger partial charge is 0.416 e. The number of nitrogens with one attached hydrogen (secondary N) is 3. The van der Waals surface area contributed by atoms with Crippen molar-refractivity contribution in [3.05, 3.63) is 148 Å². The summed E-state index contributed by atoms with van der Waals surface area (Å²) in [5, 5.41) is 5.72. The van der Waals surface area contributed by atoms with Crippen LogP contribution >= 0.6 is 0 Å². The number of sulfonamides is 1. The topological polar surface area (TPSA) is 263 Å². The van der Waals surface area contributed by atoms with E-state index in [1.54, 1.807) is 41.2 Å². The second-order valence-corrected chi connectivity index (χ2v) is 24.1. The Kier molecular flexibility index (Phi) is 39.2. The van der Waals surface area contributed by atoms with Crippen LogP contribution in [0.1, 0.15) is 73.6 Å². The molecule has 0 aliphatic carbocycles. The number of aryl methyl sites for hydroxylation is 2. The van der Waals surface area contributed by atoms with E-state index in [9.17, 15) is 40.8 Å². The van der Waals surface area contributed by atoms with Gasteiger partial charge in [-0.25, -0.2) is 13.1 Å². The summed E-state index contributed by atoms with van der Waals surface area (Å²) < 4.78 is 123. The fourth-order valence-electron chi connectivity index (χ4n) is 9.52. The Bertz CT molecular complexity index is 3220. The van der Waals surface area contributed by atoms with E-state index >= 15 is 0 Å². The fraction of sp³-hybridized carbons (Fsp3) is 0.529. The Morgan fingerprint density at radius 1 is 0.592 bits per heavy atom. The number of amides is 4. The molecule has 5 aromatic rings. The summed E-state index contributed by atoms with van der Waals surface area (Å²) in [4.78, 5) is 61.9. The van der Waals surface area contributed by atoms with Crippen LogP contribution in [0.15, 0.2) is 109 Å². The van der Waals surface area contributed by atoms with Crippen LogP contribution < -0.4 is 20.3 Å². The predicted octanol–water partition coefficient (Wildman–Crippen LogP) is 7.37. The van der Waals surface area contributed by atoms with Crippen LogP contribution in [0.4, 0.5) is 24.5 Å². The number of aromatic nitrogens is 1. The quantitative estimate of drug-likeness (QED) is 0.0321. The molecule has 0 bridgehead atoms. The minimum absolute atomic E-state index is 0.0615. The SMILES string of the molecule is CCN(CC)c1ccc(NC(=O)c2cccc(CCCOCCOCCOCCOCCNS(C)(=O)=O)c2)c(-c2cc(C(=O)NCc3cccc(C(F)(F)F)c3)ccn2)c1.COCCOCCOCCOCCOCCOCCOCCN1CCN(C(=O)c2ccc(C)cc2)CC1=O. The molecule has 2 heterocycles. The highest BCUT2D eigenvalue weighted by Crippen LogP contribution is 2.33. The lowest BCUT2D eigenvalue weighted by Crippen LogP contribution is -2.52. The molecule has 0 atom stereocenters. The van der Waals surface area contributed by atoms with E-state index < -0.39 is 27.7 Å². The Balaban J connectivity index is 0.000000392. The standard InChI is InChI=1S/C43H54F3N5O8S.C27H44N2O9/c1-4-51(5-2)37-14-15-39(38(30-37)40-29-35(16-17-47-40)41(52)48-31-33-10-7-13-36(28-33)43(44,45)46)50-42(53)34-12-6-9-32(27-34)11-8-19-56-21-23-58-25-26-59-24-22-57-20-18-49-60(3,54)55;1-24-3-5-25(6-4-24)27(31)29-8-7-28(26(30)23-29)9-10-33-13-14-35-17-18-37-21-22-38-20-19-36-16-15-34-12-11-32-2/h6-7,9-10,12-17,27-30,49H,4-5,8,11,18-26,31H2,1-3H3,(H,48,52)(H,50,53);3-6H,7-23H2,1-2H3. The van der Waals surface area contributed by atoms with Gasteiger partial charge in [0.2, 0.25) is 15.9 Å². The summed E-state index contributed by atoms with van der Waals surface area (Å²) in [7, 11) is -1.58. The van der Waals surface area contributed by atoms with Crippen molar-refractivity contribution in [3.8, 4) is 11.3 Å². The van der Waals surface area contributed by atoms with Gasteiger partial charge >= 0.3 is 6.18 Å². The molecule has 0 saturated carbocycles. The third kappa shape index (κ3) is 33.2. The first-order valence-corrected chi connectivity index (χ1v) is 34.8. The van der Waals surface area contributed by atoms with Gasteiger partial charge in [-0.2, -0.15) is 13.2 Å². The molecule has 28 heteroatoms. The van der Waals surface area contributed by atoms with E-state index in [0.717, 1.165) is 54.7 Å². The van der Waals surface area contributed by atoms with E-state index in [0.29, 0.717) is 192 Å². The Morgan fingerprint density at radius 3 is 1.69 bits per heavy atom. The summed E-state index contributed by atoms with van der Waals surface area (Å²) in [6.07, 6.45) is -0.491. The van der Waals surface area contributed by atoms with Gasteiger partial charge in [0, 0.05) is 93.7 Å². The molecule has 98 heavy (non-hydrogen) atoms. The third-order valence-corrected chi connectivity index (χ3v) is 15.5. The number of carbonyl (C=O) groups is 4. The number of carbonyl (C=O) groups excluding carboxylic acids is 4. The van der Waals surface area contributed by atoms with Gasteiger partial charge in [-0.1, -0.05) is 42.0 Å². The number of hydrogen-bond donors (Lipinski definition) is 3. The normalized spacial score (nSPS) is 12.6. The van der Waals surface area contributed by atoms with E-state index in [1.807, 2.05) is 69.3 Å². The van der Waals surface area contributed by atoms with Gasteiger partial charge < -0.3 is 77.4 Å². The molecule has 542 valence electrons. The minimum atomic E-state index is -4.49.